The molecule has 1 rings (SSSR count). The molecular weight excluding hydrogens is 244 g/mol. The molecule has 0 aliphatic rings. The Labute approximate surface area is 114 Å². The number of hydrogen-bond donors (Lipinski definition) is 2. The van der Waals surface area contributed by atoms with E-state index in [1.807, 2.05) is 13.8 Å². The van der Waals surface area contributed by atoms with E-state index in [0.29, 0.717) is 6.54 Å². The molecule has 0 radical (unpaired) electrons. The van der Waals surface area contributed by atoms with Crippen LogP contribution >= 0.6 is 11.8 Å². The van der Waals surface area contributed by atoms with Crippen molar-refractivity contribution >= 4 is 17.7 Å². The maximum atomic E-state index is 11.6. The second kappa shape index (κ2) is 7.44. The molecule has 3 N–H and O–H groups in total. The van der Waals surface area contributed by atoms with Crippen molar-refractivity contribution < 1.29 is 4.79 Å². The first-order chi connectivity index (χ1) is 8.54. The number of hydrogen-bond acceptors (Lipinski definition) is 3. The maximum Gasteiger partial charge on any atom is 0.237 e. The van der Waals surface area contributed by atoms with Crippen LogP contribution in [0.5, 0.6) is 0 Å². The Morgan fingerprint density at radius 3 is 2.44 bits per heavy atom. The molecule has 3 nitrogen and oxygen atoms in total. The summed E-state index contributed by atoms with van der Waals surface area (Å²) in [6.45, 7) is 4.54. The molecule has 1 atom stereocenters. The summed E-state index contributed by atoms with van der Waals surface area (Å²) in [5.41, 5.74) is 6.99. The van der Waals surface area contributed by atoms with Crippen LogP contribution in [0.25, 0.3) is 0 Å². The van der Waals surface area contributed by atoms with Gasteiger partial charge in [-0.2, -0.15) is 0 Å². The predicted octanol–water partition coefficient (Wildman–Crippen LogP) is 2.05. The van der Waals surface area contributed by atoms with Gasteiger partial charge in [0.25, 0.3) is 0 Å². The highest BCUT2D eigenvalue weighted by molar-refractivity contribution is 7.98. The number of benzene rings is 1. The predicted molar refractivity (Wildman–Crippen MR) is 77.8 cm³/mol. The summed E-state index contributed by atoms with van der Waals surface area (Å²) in [7, 11) is 0. The third kappa shape index (κ3) is 4.70. The van der Waals surface area contributed by atoms with E-state index >= 15 is 0 Å². The molecule has 1 unspecified atom stereocenters. The molecule has 1 aromatic carbocycles. The Morgan fingerprint density at radius 1 is 1.33 bits per heavy atom. The minimum absolute atomic E-state index is 0.0641. The number of carbonyl (C=O) groups excluding carboxylic acids is 1. The van der Waals surface area contributed by atoms with Crippen LogP contribution in [-0.2, 0) is 11.2 Å². The molecule has 0 spiro atoms. The highest BCUT2D eigenvalue weighted by Crippen LogP contribution is 2.14. The van der Waals surface area contributed by atoms with E-state index in [1.165, 1.54) is 10.5 Å². The van der Waals surface area contributed by atoms with Gasteiger partial charge in [0, 0.05) is 11.4 Å². The van der Waals surface area contributed by atoms with Crippen molar-refractivity contribution in [3.8, 4) is 0 Å². The van der Waals surface area contributed by atoms with Gasteiger partial charge in [-0.3, -0.25) is 4.79 Å². The molecule has 0 aliphatic heterocycles. The van der Waals surface area contributed by atoms with Gasteiger partial charge in [0.1, 0.15) is 0 Å². The van der Waals surface area contributed by atoms with Crippen LogP contribution in [0.15, 0.2) is 29.2 Å². The lowest BCUT2D eigenvalue weighted by atomic mass is 10.0. The fourth-order valence-corrected chi connectivity index (χ4v) is 1.95. The van der Waals surface area contributed by atoms with Gasteiger partial charge in [-0.25, -0.2) is 0 Å². The number of nitrogens with two attached hydrogens (primary N) is 1. The summed E-state index contributed by atoms with van der Waals surface area (Å²) in [6.07, 6.45) is 2.90. The standard InChI is InChI=1S/C14H22N2OS/c1-10(2)13(15)14(17)16-9-8-11-4-6-12(18-3)7-5-11/h4-7,10,13H,8-9,15H2,1-3H3,(H,16,17). The summed E-state index contributed by atoms with van der Waals surface area (Å²) in [5.74, 6) is 0.108. The lowest BCUT2D eigenvalue weighted by Crippen LogP contribution is -2.44. The lowest BCUT2D eigenvalue weighted by molar-refractivity contribution is -0.123. The molecule has 0 saturated heterocycles. The first kappa shape index (κ1) is 15.1. The zero-order chi connectivity index (χ0) is 13.5. The van der Waals surface area contributed by atoms with E-state index in [-0.39, 0.29) is 11.8 Å². The van der Waals surface area contributed by atoms with Crippen LogP contribution in [0.2, 0.25) is 0 Å². The van der Waals surface area contributed by atoms with E-state index in [1.54, 1.807) is 11.8 Å². The second-order valence-electron chi connectivity index (χ2n) is 4.66. The SMILES string of the molecule is CSc1ccc(CCNC(=O)C(N)C(C)C)cc1. The normalized spacial score (nSPS) is 12.5. The van der Waals surface area contributed by atoms with Crippen LogP contribution in [0.3, 0.4) is 0 Å². The molecule has 4 heteroatoms. The minimum Gasteiger partial charge on any atom is -0.354 e. The fourth-order valence-electron chi connectivity index (χ4n) is 1.54. The van der Waals surface area contributed by atoms with Crippen LogP contribution in [-0.4, -0.2) is 24.7 Å². The molecule has 1 aromatic rings. The lowest BCUT2D eigenvalue weighted by Gasteiger charge is -2.15. The van der Waals surface area contributed by atoms with Gasteiger partial charge >= 0.3 is 0 Å². The number of thioether (sulfide) groups is 1. The monoisotopic (exact) mass is 266 g/mol. The number of nitrogens with one attached hydrogen (secondary N) is 1. The summed E-state index contributed by atoms with van der Waals surface area (Å²) in [5, 5.41) is 2.87. The van der Waals surface area contributed by atoms with Crippen molar-refractivity contribution in [1.82, 2.24) is 5.32 Å². The number of rotatable bonds is 6. The van der Waals surface area contributed by atoms with E-state index in [0.717, 1.165) is 6.42 Å². The molecular formula is C14H22N2OS. The number of carbonyl (C=O) groups is 1. The minimum atomic E-state index is -0.413. The summed E-state index contributed by atoms with van der Waals surface area (Å²) < 4.78 is 0. The topological polar surface area (TPSA) is 55.1 Å². The highest BCUT2D eigenvalue weighted by Gasteiger charge is 2.16. The smallest absolute Gasteiger partial charge is 0.237 e. The number of amides is 1. The van der Waals surface area contributed by atoms with E-state index in [9.17, 15) is 4.79 Å². The van der Waals surface area contributed by atoms with Gasteiger partial charge in [0.2, 0.25) is 5.91 Å². The van der Waals surface area contributed by atoms with E-state index in [4.69, 9.17) is 5.73 Å². The molecule has 0 aromatic heterocycles. The van der Waals surface area contributed by atoms with Gasteiger partial charge in [-0.15, -0.1) is 11.8 Å². The molecule has 100 valence electrons. The van der Waals surface area contributed by atoms with Gasteiger partial charge < -0.3 is 11.1 Å². The Kier molecular flexibility index (Phi) is 6.22. The molecule has 0 saturated carbocycles. The molecule has 18 heavy (non-hydrogen) atoms. The van der Waals surface area contributed by atoms with Crippen LogP contribution in [0, 0.1) is 5.92 Å². The molecule has 0 heterocycles. The Balaban J connectivity index is 2.35. The Hall–Kier alpha value is -1.00. The van der Waals surface area contributed by atoms with E-state index in [2.05, 4.69) is 35.8 Å². The first-order valence-corrected chi connectivity index (χ1v) is 7.43. The third-order valence-electron chi connectivity index (χ3n) is 2.89. The Morgan fingerprint density at radius 2 is 1.94 bits per heavy atom. The van der Waals surface area contributed by atoms with Crippen LogP contribution in [0.1, 0.15) is 19.4 Å². The molecule has 1 amide bonds. The maximum absolute atomic E-state index is 11.6. The van der Waals surface area contributed by atoms with Crippen molar-refractivity contribution in [1.29, 1.82) is 0 Å². The van der Waals surface area contributed by atoms with Gasteiger partial charge in [0.15, 0.2) is 0 Å². The average Bonchev–Trinajstić information content (AvgIpc) is 2.38. The Bertz CT molecular complexity index is 376. The zero-order valence-corrected chi connectivity index (χ0v) is 12.1. The molecule has 0 bridgehead atoms. The highest BCUT2D eigenvalue weighted by atomic mass is 32.2. The fraction of sp³-hybridized carbons (Fsp3) is 0.500. The van der Waals surface area contributed by atoms with Crippen LogP contribution < -0.4 is 11.1 Å². The summed E-state index contributed by atoms with van der Waals surface area (Å²) in [4.78, 5) is 12.9. The van der Waals surface area contributed by atoms with Gasteiger partial charge in [-0.1, -0.05) is 26.0 Å². The van der Waals surface area contributed by atoms with Crippen LogP contribution in [0.4, 0.5) is 0 Å². The average molecular weight is 266 g/mol. The first-order valence-electron chi connectivity index (χ1n) is 6.21. The summed E-state index contributed by atoms with van der Waals surface area (Å²) in [6, 6.07) is 7.98. The van der Waals surface area contributed by atoms with Crippen molar-refractivity contribution in [2.45, 2.75) is 31.2 Å². The van der Waals surface area contributed by atoms with Crippen molar-refractivity contribution in [2.75, 3.05) is 12.8 Å². The van der Waals surface area contributed by atoms with Gasteiger partial charge in [0.05, 0.1) is 6.04 Å². The van der Waals surface area contributed by atoms with Crippen molar-refractivity contribution in [3.63, 3.8) is 0 Å². The van der Waals surface area contributed by atoms with Gasteiger partial charge in [-0.05, 0) is 36.3 Å². The largest absolute Gasteiger partial charge is 0.354 e. The van der Waals surface area contributed by atoms with E-state index < -0.39 is 6.04 Å². The molecule has 0 fully saturated rings. The van der Waals surface area contributed by atoms with Crippen molar-refractivity contribution in [2.24, 2.45) is 11.7 Å². The molecule has 0 aliphatic carbocycles. The zero-order valence-electron chi connectivity index (χ0n) is 11.3. The second-order valence-corrected chi connectivity index (χ2v) is 5.54. The third-order valence-corrected chi connectivity index (χ3v) is 3.64. The quantitative estimate of drug-likeness (QED) is 0.775. The summed E-state index contributed by atoms with van der Waals surface area (Å²) >= 11 is 1.73. The van der Waals surface area contributed by atoms with Crippen molar-refractivity contribution in [3.05, 3.63) is 29.8 Å².